The zero-order chi connectivity index (χ0) is 35.1. The summed E-state index contributed by atoms with van der Waals surface area (Å²) in [6.45, 7) is 0. The molecule has 0 amide bonds. The van der Waals surface area contributed by atoms with Crippen LogP contribution in [-0.2, 0) is 0 Å². The molecular weight excluding hydrogens is 645 g/mol. The summed E-state index contributed by atoms with van der Waals surface area (Å²) in [4.78, 5) is 10.3. The minimum absolute atomic E-state index is 0.692. The lowest BCUT2D eigenvalue weighted by atomic mass is 9.92. The molecule has 0 saturated heterocycles. The maximum atomic E-state index is 6.36. The zero-order valence-corrected chi connectivity index (χ0v) is 28.8. The normalized spacial score (nSPS) is 11.5. The molecule has 0 saturated carbocycles. The van der Waals surface area contributed by atoms with Crippen molar-refractivity contribution in [2.24, 2.45) is 0 Å². The summed E-state index contributed by atoms with van der Waals surface area (Å²) in [5.41, 5.74) is 14.0. The van der Waals surface area contributed by atoms with Gasteiger partial charge in [-0.25, -0.2) is 9.97 Å². The Morgan fingerprint density at radius 2 is 0.868 bits per heavy atom. The second-order valence-corrected chi connectivity index (χ2v) is 13.4. The topological polar surface area (TPSA) is 35.0 Å². The van der Waals surface area contributed by atoms with Crippen LogP contribution in [-0.4, -0.2) is 9.97 Å². The van der Waals surface area contributed by atoms with Crippen LogP contribution in [0.15, 0.2) is 194 Å². The molecule has 248 valence electrons. The van der Waals surface area contributed by atoms with Gasteiger partial charge in [0, 0.05) is 27.6 Å². The maximum Gasteiger partial charge on any atom is 0.160 e. The van der Waals surface area contributed by atoms with Crippen LogP contribution in [0.3, 0.4) is 0 Å². The third-order valence-electron chi connectivity index (χ3n) is 10.1. The maximum absolute atomic E-state index is 6.36. The van der Waals surface area contributed by atoms with Crippen LogP contribution in [0.25, 0.3) is 89.2 Å². The fourth-order valence-electron chi connectivity index (χ4n) is 7.46. The van der Waals surface area contributed by atoms with Crippen LogP contribution in [0, 0.1) is 0 Å². The summed E-state index contributed by atoms with van der Waals surface area (Å²) in [7, 11) is 0. The molecule has 0 aliphatic carbocycles. The molecule has 0 unspecified atom stereocenters. The van der Waals surface area contributed by atoms with Crippen molar-refractivity contribution in [3.63, 3.8) is 0 Å². The summed E-state index contributed by atoms with van der Waals surface area (Å²) in [5.74, 6) is 2.48. The van der Waals surface area contributed by atoms with Gasteiger partial charge in [0.05, 0.1) is 11.4 Å². The third kappa shape index (κ3) is 5.65. The van der Waals surface area contributed by atoms with Crippen LogP contribution in [0.1, 0.15) is 0 Å². The molecular formula is C50H32N2O. The molecule has 0 atom stereocenters. The number of rotatable bonds is 6. The van der Waals surface area contributed by atoms with Gasteiger partial charge in [-0.15, -0.1) is 0 Å². The number of nitrogens with zero attached hydrogens (tertiary/aromatic N) is 2. The van der Waals surface area contributed by atoms with Gasteiger partial charge in [0.25, 0.3) is 0 Å². The third-order valence-corrected chi connectivity index (χ3v) is 10.1. The Balaban J connectivity index is 1.07. The lowest BCUT2D eigenvalue weighted by Crippen LogP contribution is -1.98. The molecule has 8 aromatic carbocycles. The smallest absolute Gasteiger partial charge is 0.160 e. The molecule has 3 nitrogen and oxygen atoms in total. The van der Waals surface area contributed by atoms with Crippen LogP contribution in [0.2, 0.25) is 0 Å². The molecule has 0 fully saturated rings. The largest absolute Gasteiger partial charge is 0.456 e. The number of fused-ring (bicyclic) bond motifs is 2. The summed E-state index contributed by atoms with van der Waals surface area (Å²) < 4.78 is 6.36. The molecule has 2 heterocycles. The van der Waals surface area contributed by atoms with Crippen molar-refractivity contribution in [2.75, 3.05) is 0 Å². The first-order chi connectivity index (χ1) is 26.2. The molecule has 1 aliphatic heterocycles. The summed E-state index contributed by atoms with van der Waals surface area (Å²) in [5, 5.41) is 2.34. The average Bonchev–Trinajstić information content (AvgIpc) is 3.24. The van der Waals surface area contributed by atoms with Gasteiger partial charge in [-0.05, 0) is 74.7 Å². The highest BCUT2D eigenvalue weighted by molar-refractivity contribution is 6.04. The highest BCUT2D eigenvalue weighted by atomic mass is 16.5. The molecule has 53 heavy (non-hydrogen) atoms. The molecule has 0 radical (unpaired) electrons. The van der Waals surface area contributed by atoms with E-state index in [1.807, 2.05) is 24.3 Å². The van der Waals surface area contributed by atoms with E-state index in [2.05, 4.69) is 170 Å². The van der Waals surface area contributed by atoms with Gasteiger partial charge in [-0.1, -0.05) is 164 Å². The number of hydrogen-bond donors (Lipinski definition) is 0. The standard InChI is InChI=1S/C50H32N2O/c1-4-12-33(13-5-1)39-26-28-41(43(30-39)35-14-6-2-7-15-35)46-32-45(51-50(52-46)38-16-8-3-9-17-38)36-24-22-34(23-25-36)40-27-29-47-44(31-40)42-20-10-18-37-19-11-21-48(53-47)49(37)42/h1-32H. The van der Waals surface area contributed by atoms with E-state index in [-0.39, 0.29) is 0 Å². The highest BCUT2D eigenvalue weighted by Crippen LogP contribution is 2.47. The molecule has 0 N–H and O–H groups in total. The van der Waals surface area contributed by atoms with Gasteiger partial charge in [-0.2, -0.15) is 0 Å². The molecule has 1 aliphatic rings. The number of benzene rings is 8. The minimum atomic E-state index is 0.692. The van der Waals surface area contributed by atoms with Gasteiger partial charge < -0.3 is 4.74 Å². The fourth-order valence-corrected chi connectivity index (χ4v) is 7.46. The van der Waals surface area contributed by atoms with Crippen molar-refractivity contribution < 1.29 is 4.74 Å². The fraction of sp³-hybridized carbons (Fsp3) is 0. The molecule has 3 heteroatoms. The Labute approximate surface area is 308 Å². The van der Waals surface area contributed by atoms with E-state index < -0.39 is 0 Å². The van der Waals surface area contributed by atoms with Gasteiger partial charge in [0.15, 0.2) is 5.82 Å². The molecule has 1 aromatic heterocycles. The van der Waals surface area contributed by atoms with Crippen molar-refractivity contribution in [1.29, 1.82) is 0 Å². The molecule has 0 spiro atoms. The quantitative estimate of drug-likeness (QED) is 0.176. The van der Waals surface area contributed by atoms with Crippen molar-refractivity contribution in [1.82, 2.24) is 9.97 Å². The van der Waals surface area contributed by atoms with Gasteiger partial charge in [0.2, 0.25) is 0 Å². The monoisotopic (exact) mass is 676 g/mol. The van der Waals surface area contributed by atoms with Gasteiger partial charge in [0.1, 0.15) is 11.5 Å². The second-order valence-electron chi connectivity index (χ2n) is 13.4. The SMILES string of the molecule is c1ccc(-c2ccc(-c3cc(-c4ccc(-c5ccc6c(c5)-c5cccc7cccc(c57)O6)cc4)nc(-c4ccccc4)n3)c(-c3ccccc3)c2)cc1. The second kappa shape index (κ2) is 12.9. The minimum Gasteiger partial charge on any atom is -0.456 e. The Morgan fingerprint density at radius 3 is 1.60 bits per heavy atom. The summed E-state index contributed by atoms with van der Waals surface area (Å²) in [6.07, 6.45) is 0. The summed E-state index contributed by atoms with van der Waals surface area (Å²) in [6, 6.07) is 68.0. The van der Waals surface area contributed by atoms with E-state index >= 15 is 0 Å². The van der Waals surface area contributed by atoms with E-state index in [0.717, 1.165) is 78.3 Å². The van der Waals surface area contributed by atoms with Crippen molar-refractivity contribution >= 4 is 10.8 Å². The van der Waals surface area contributed by atoms with E-state index in [9.17, 15) is 0 Å². The first-order valence-corrected chi connectivity index (χ1v) is 17.9. The van der Waals surface area contributed by atoms with E-state index in [1.165, 1.54) is 16.5 Å². The Bertz CT molecular complexity index is 2770. The van der Waals surface area contributed by atoms with Gasteiger partial charge in [-0.3, -0.25) is 0 Å². The average molecular weight is 677 g/mol. The van der Waals surface area contributed by atoms with E-state index in [0.29, 0.717) is 5.82 Å². The predicted octanol–water partition coefficient (Wildman–Crippen LogP) is 13.4. The summed E-state index contributed by atoms with van der Waals surface area (Å²) >= 11 is 0. The lowest BCUT2D eigenvalue weighted by molar-refractivity contribution is 0.487. The first-order valence-electron chi connectivity index (χ1n) is 17.9. The van der Waals surface area contributed by atoms with E-state index in [4.69, 9.17) is 14.7 Å². The Morgan fingerprint density at radius 1 is 0.302 bits per heavy atom. The molecule has 0 bridgehead atoms. The van der Waals surface area contributed by atoms with Crippen molar-refractivity contribution in [3.8, 4) is 89.9 Å². The van der Waals surface area contributed by atoms with Gasteiger partial charge >= 0.3 is 0 Å². The lowest BCUT2D eigenvalue weighted by Gasteiger charge is -2.22. The van der Waals surface area contributed by atoms with Crippen molar-refractivity contribution in [3.05, 3.63) is 194 Å². The number of aromatic nitrogens is 2. The van der Waals surface area contributed by atoms with E-state index in [1.54, 1.807) is 0 Å². The predicted molar refractivity (Wildman–Crippen MR) is 218 cm³/mol. The molecule has 10 rings (SSSR count). The molecule has 9 aromatic rings. The highest BCUT2D eigenvalue weighted by Gasteiger charge is 2.21. The zero-order valence-electron chi connectivity index (χ0n) is 28.8. The first kappa shape index (κ1) is 30.7. The Kier molecular flexibility index (Phi) is 7.47. The van der Waals surface area contributed by atoms with Crippen LogP contribution >= 0.6 is 0 Å². The number of hydrogen-bond acceptors (Lipinski definition) is 3. The van der Waals surface area contributed by atoms with Crippen LogP contribution < -0.4 is 4.74 Å². The van der Waals surface area contributed by atoms with Crippen molar-refractivity contribution in [2.45, 2.75) is 0 Å². The van der Waals surface area contributed by atoms with Crippen LogP contribution in [0.4, 0.5) is 0 Å². The Hall–Kier alpha value is -7.10. The number of ether oxygens (including phenoxy) is 1. The van der Waals surface area contributed by atoms with Crippen LogP contribution in [0.5, 0.6) is 11.5 Å².